The fourth-order valence-electron chi connectivity index (χ4n) is 1.54. The second kappa shape index (κ2) is 7.50. The maximum absolute atomic E-state index is 10.9. The van der Waals surface area contributed by atoms with Gasteiger partial charge in [0.05, 0.1) is 13.2 Å². The third-order valence-electron chi connectivity index (χ3n) is 2.46. The summed E-state index contributed by atoms with van der Waals surface area (Å²) in [6.45, 7) is 2.23. The molecule has 0 fully saturated rings. The number of carbonyl (C=O) groups is 1. The lowest BCUT2D eigenvalue weighted by Crippen LogP contribution is -2.25. The van der Waals surface area contributed by atoms with Crippen molar-refractivity contribution in [2.24, 2.45) is 0 Å². The Morgan fingerprint density at radius 1 is 1.50 bits per heavy atom. The molecule has 0 aliphatic heterocycles. The van der Waals surface area contributed by atoms with Crippen molar-refractivity contribution >= 4 is 12.2 Å². The van der Waals surface area contributed by atoms with Crippen LogP contribution in [0.25, 0.3) is 6.08 Å². The lowest BCUT2D eigenvalue weighted by molar-refractivity contribution is 0.171. The Bertz CT molecular complexity index is 413. The predicted molar refractivity (Wildman–Crippen MR) is 71.3 cm³/mol. The average molecular weight is 249 g/mol. The summed E-state index contributed by atoms with van der Waals surface area (Å²) in [5.41, 5.74) is 2.16. The van der Waals surface area contributed by atoms with Crippen LogP contribution in [0.15, 0.2) is 30.3 Å². The number of benzene rings is 1. The zero-order chi connectivity index (χ0) is 13.4. The van der Waals surface area contributed by atoms with Crippen LogP contribution in [0.3, 0.4) is 0 Å². The minimum atomic E-state index is -0.466. The van der Waals surface area contributed by atoms with E-state index in [1.165, 1.54) is 7.11 Å². The molecule has 1 aromatic rings. The molecule has 4 nitrogen and oxygen atoms in total. The monoisotopic (exact) mass is 249 g/mol. The van der Waals surface area contributed by atoms with E-state index in [-0.39, 0.29) is 0 Å². The van der Waals surface area contributed by atoms with Crippen LogP contribution in [-0.4, -0.2) is 31.0 Å². The number of methoxy groups -OCH3 is 1. The molecule has 0 aliphatic rings. The van der Waals surface area contributed by atoms with Crippen molar-refractivity contribution < 1.29 is 14.6 Å². The van der Waals surface area contributed by atoms with Crippen molar-refractivity contribution in [2.45, 2.75) is 19.4 Å². The Balaban J connectivity index is 2.62. The molecule has 18 heavy (non-hydrogen) atoms. The number of carbonyl (C=O) groups excluding carboxylic acids is 1. The second-order valence-corrected chi connectivity index (χ2v) is 3.97. The summed E-state index contributed by atoms with van der Waals surface area (Å²) in [6.07, 6.45) is 3.44. The zero-order valence-electron chi connectivity index (χ0n) is 10.7. The van der Waals surface area contributed by atoms with E-state index in [1.807, 2.05) is 30.3 Å². The largest absolute Gasteiger partial charge is 0.453 e. The molecular formula is C14H19NO3. The first-order valence-electron chi connectivity index (χ1n) is 5.89. The van der Waals surface area contributed by atoms with E-state index in [0.29, 0.717) is 6.54 Å². The molecule has 0 saturated heterocycles. The molecule has 1 amide bonds. The van der Waals surface area contributed by atoms with Crippen molar-refractivity contribution in [2.75, 3.05) is 13.7 Å². The van der Waals surface area contributed by atoms with Crippen LogP contribution < -0.4 is 5.32 Å². The van der Waals surface area contributed by atoms with Gasteiger partial charge in [-0.15, -0.1) is 0 Å². The highest BCUT2D eigenvalue weighted by Crippen LogP contribution is 2.11. The maximum atomic E-state index is 10.9. The SMILES string of the molecule is COC(=O)NCCc1ccccc1/C=C/[C@H](C)O. The molecule has 0 aromatic heterocycles. The standard InChI is InChI=1S/C14H19NO3/c1-11(16)7-8-12-5-3-4-6-13(12)9-10-15-14(17)18-2/h3-8,11,16H,9-10H2,1-2H3,(H,15,17)/b8-7+/t11-/m0/s1. The molecule has 1 aromatic carbocycles. The van der Waals surface area contributed by atoms with E-state index in [2.05, 4.69) is 10.1 Å². The van der Waals surface area contributed by atoms with Gasteiger partial charge >= 0.3 is 6.09 Å². The van der Waals surface area contributed by atoms with Crippen LogP contribution >= 0.6 is 0 Å². The molecule has 1 atom stereocenters. The van der Waals surface area contributed by atoms with Crippen molar-refractivity contribution in [3.63, 3.8) is 0 Å². The minimum absolute atomic E-state index is 0.424. The number of amides is 1. The van der Waals surface area contributed by atoms with Crippen LogP contribution in [0.4, 0.5) is 4.79 Å². The van der Waals surface area contributed by atoms with Gasteiger partial charge < -0.3 is 15.2 Å². The molecule has 0 radical (unpaired) electrons. The predicted octanol–water partition coefficient (Wildman–Crippen LogP) is 1.98. The Morgan fingerprint density at radius 3 is 2.89 bits per heavy atom. The van der Waals surface area contributed by atoms with Crippen molar-refractivity contribution in [3.05, 3.63) is 41.5 Å². The van der Waals surface area contributed by atoms with Gasteiger partial charge in [-0.3, -0.25) is 0 Å². The first-order valence-corrected chi connectivity index (χ1v) is 5.89. The molecule has 2 N–H and O–H groups in total. The first-order chi connectivity index (χ1) is 8.63. The van der Waals surface area contributed by atoms with Crippen LogP contribution in [0.1, 0.15) is 18.1 Å². The van der Waals surface area contributed by atoms with Crippen LogP contribution in [0.2, 0.25) is 0 Å². The fourth-order valence-corrected chi connectivity index (χ4v) is 1.54. The third kappa shape index (κ3) is 5.01. The molecule has 0 saturated carbocycles. The number of hydrogen-bond donors (Lipinski definition) is 2. The number of hydrogen-bond acceptors (Lipinski definition) is 3. The van der Waals surface area contributed by atoms with Crippen molar-refractivity contribution in [1.29, 1.82) is 0 Å². The summed E-state index contributed by atoms with van der Waals surface area (Å²) >= 11 is 0. The van der Waals surface area contributed by atoms with E-state index in [1.54, 1.807) is 13.0 Å². The Labute approximate surface area is 107 Å². The van der Waals surface area contributed by atoms with Gasteiger partial charge in [-0.2, -0.15) is 0 Å². The summed E-state index contributed by atoms with van der Waals surface area (Å²) in [5.74, 6) is 0. The zero-order valence-corrected chi connectivity index (χ0v) is 10.7. The molecule has 0 aliphatic carbocycles. The Kier molecular flexibility index (Phi) is 5.94. The molecule has 0 spiro atoms. The minimum Gasteiger partial charge on any atom is -0.453 e. The highest BCUT2D eigenvalue weighted by atomic mass is 16.5. The van der Waals surface area contributed by atoms with Gasteiger partial charge in [-0.05, 0) is 24.5 Å². The number of nitrogens with one attached hydrogen (secondary N) is 1. The summed E-state index contributed by atoms with van der Waals surface area (Å²) in [7, 11) is 1.34. The molecule has 0 bridgehead atoms. The summed E-state index contributed by atoms with van der Waals surface area (Å²) < 4.78 is 4.50. The lowest BCUT2D eigenvalue weighted by Gasteiger charge is -2.07. The second-order valence-electron chi connectivity index (χ2n) is 3.97. The van der Waals surface area contributed by atoms with E-state index in [9.17, 15) is 9.90 Å². The van der Waals surface area contributed by atoms with Gasteiger partial charge in [0.2, 0.25) is 0 Å². The third-order valence-corrected chi connectivity index (χ3v) is 2.46. The van der Waals surface area contributed by atoms with E-state index < -0.39 is 12.2 Å². The van der Waals surface area contributed by atoms with Crippen molar-refractivity contribution in [1.82, 2.24) is 5.32 Å². The lowest BCUT2D eigenvalue weighted by atomic mass is 10.0. The van der Waals surface area contributed by atoms with Crippen LogP contribution in [0.5, 0.6) is 0 Å². The smallest absolute Gasteiger partial charge is 0.406 e. The maximum Gasteiger partial charge on any atom is 0.406 e. The number of alkyl carbamates (subject to hydrolysis) is 1. The molecule has 4 heteroatoms. The van der Waals surface area contributed by atoms with Gasteiger partial charge in [0.15, 0.2) is 0 Å². The normalized spacial score (nSPS) is 12.4. The Hall–Kier alpha value is -1.81. The summed E-state index contributed by atoms with van der Waals surface area (Å²) in [6, 6.07) is 7.87. The molecule has 0 heterocycles. The number of aliphatic hydroxyl groups excluding tert-OH is 1. The van der Waals surface area contributed by atoms with Crippen LogP contribution in [-0.2, 0) is 11.2 Å². The molecule has 98 valence electrons. The van der Waals surface area contributed by atoms with E-state index in [0.717, 1.165) is 17.5 Å². The first kappa shape index (κ1) is 14.3. The summed E-state index contributed by atoms with van der Waals surface area (Å²) in [5, 5.41) is 11.9. The molecule has 0 unspecified atom stereocenters. The highest BCUT2D eigenvalue weighted by Gasteiger charge is 2.01. The van der Waals surface area contributed by atoms with Gasteiger partial charge in [0, 0.05) is 6.54 Å². The van der Waals surface area contributed by atoms with E-state index >= 15 is 0 Å². The van der Waals surface area contributed by atoms with Gasteiger partial charge in [0.1, 0.15) is 0 Å². The van der Waals surface area contributed by atoms with Crippen LogP contribution in [0, 0.1) is 0 Å². The molecular weight excluding hydrogens is 230 g/mol. The van der Waals surface area contributed by atoms with Gasteiger partial charge in [-0.1, -0.05) is 36.4 Å². The van der Waals surface area contributed by atoms with Crippen molar-refractivity contribution in [3.8, 4) is 0 Å². The number of rotatable bonds is 5. The van der Waals surface area contributed by atoms with Gasteiger partial charge in [0.25, 0.3) is 0 Å². The number of aliphatic hydroxyl groups is 1. The fraction of sp³-hybridized carbons (Fsp3) is 0.357. The topological polar surface area (TPSA) is 58.6 Å². The number of ether oxygens (including phenoxy) is 1. The van der Waals surface area contributed by atoms with Gasteiger partial charge in [-0.25, -0.2) is 4.79 Å². The molecule has 1 rings (SSSR count). The van der Waals surface area contributed by atoms with E-state index in [4.69, 9.17) is 0 Å². The Morgan fingerprint density at radius 2 is 2.22 bits per heavy atom. The quantitative estimate of drug-likeness (QED) is 0.839. The highest BCUT2D eigenvalue weighted by molar-refractivity contribution is 5.66. The summed E-state index contributed by atoms with van der Waals surface area (Å²) in [4.78, 5) is 10.9. The average Bonchev–Trinajstić information content (AvgIpc) is 2.37.